The van der Waals surface area contributed by atoms with Crippen molar-refractivity contribution in [3.05, 3.63) is 29.8 Å². The summed E-state index contributed by atoms with van der Waals surface area (Å²) in [6.45, 7) is 6.89. The van der Waals surface area contributed by atoms with Crippen LogP contribution in [0, 0.1) is 5.41 Å². The Bertz CT molecular complexity index is 481. The van der Waals surface area contributed by atoms with E-state index in [0.717, 1.165) is 18.7 Å². The number of anilines is 1. The Morgan fingerprint density at radius 2 is 1.76 bits per heavy atom. The normalized spacial score (nSPS) is 10.9. The molecule has 0 unspecified atom stereocenters. The average molecular weight is 291 g/mol. The maximum atomic E-state index is 12.1. The van der Waals surface area contributed by atoms with Crippen molar-refractivity contribution >= 4 is 17.5 Å². The van der Waals surface area contributed by atoms with Gasteiger partial charge in [-0.2, -0.15) is 0 Å². The van der Waals surface area contributed by atoms with Crippen molar-refractivity contribution in [2.75, 3.05) is 25.5 Å². The first-order valence-corrected chi connectivity index (χ1v) is 7.25. The van der Waals surface area contributed by atoms with Gasteiger partial charge in [0.2, 0.25) is 5.91 Å². The molecule has 21 heavy (non-hydrogen) atoms. The fraction of sp³-hybridized carbons (Fsp3) is 0.500. The van der Waals surface area contributed by atoms with Crippen LogP contribution in [0.25, 0.3) is 0 Å². The molecule has 0 aliphatic carbocycles. The van der Waals surface area contributed by atoms with Gasteiger partial charge < -0.3 is 16.0 Å². The standard InChI is InChI=1S/C16H25N3O2/c1-5-10-18-13-8-6-12(7-9-13)14(20)19-11-16(2,3)15(21)17-4/h6-9,18H,5,10-11H2,1-4H3,(H,17,21)(H,19,20). The predicted octanol–water partition coefficient (Wildman–Crippen LogP) is 2.01. The maximum Gasteiger partial charge on any atom is 0.251 e. The molecule has 0 heterocycles. The highest BCUT2D eigenvalue weighted by Crippen LogP contribution is 2.14. The van der Waals surface area contributed by atoms with Gasteiger partial charge in [0.1, 0.15) is 0 Å². The summed E-state index contributed by atoms with van der Waals surface area (Å²) in [5.74, 6) is -0.268. The van der Waals surface area contributed by atoms with Crippen molar-refractivity contribution in [3.8, 4) is 0 Å². The summed E-state index contributed by atoms with van der Waals surface area (Å²) < 4.78 is 0. The van der Waals surface area contributed by atoms with Crippen molar-refractivity contribution in [2.45, 2.75) is 27.2 Å². The van der Waals surface area contributed by atoms with Crippen molar-refractivity contribution in [3.63, 3.8) is 0 Å². The van der Waals surface area contributed by atoms with E-state index < -0.39 is 5.41 Å². The highest BCUT2D eigenvalue weighted by atomic mass is 16.2. The molecule has 0 atom stereocenters. The molecule has 0 saturated heterocycles. The first-order valence-electron chi connectivity index (χ1n) is 7.25. The van der Waals surface area contributed by atoms with E-state index in [9.17, 15) is 9.59 Å². The van der Waals surface area contributed by atoms with Crippen molar-refractivity contribution < 1.29 is 9.59 Å². The van der Waals surface area contributed by atoms with Gasteiger partial charge in [-0.1, -0.05) is 6.92 Å². The van der Waals surface area contributed by atoms with Gasteiger partial charge in [0.15, 0.2) is 0 Å². The Kier molecular flexibility index (Phi) is 6.21. The molecule has 5 nitrogen and oxygen atoms in total. The third-order valence-electron chi connectivity index (χ3n) is 3.26. The van der Waals surface area contributed by atoms with Gasteiger partial charge in [-0.15, -0.1) is 0 Å². The quantitative estimate of drug-likeness (QED) is 0.719. The van der Waals surface area contributed by atoms with Gasteiger partial charge in [0, 0.05) is 31.4 Å². The molecule has 0 fully saturated rings. The molecular formula is C16H25N3O2. The smallest absolute Gasteiger partial charge is 0.251 e. The summed E-state index contributed by atoms with van der Waals surface area (Å²) in [4.78, 5) is 23.7. The first-order chi connectivity index (χ1) is 9.90. The predicted molar refractivity (Wildman–Crippen MR) is 85.4 cm³/mol. The van der Waals surface area contributed by atoms with Crippen LogP contribution in [-0.4, -0.2) is 32.0 Å². The van der Waals surface area contributed by atoms with Crippen LogP contribution in [0.2, 0.25) is 0 Å². The van der Waals surface area contributed by atoms with E-state index in [1.54, 1.807) is 33.0 Å². The first kappa shape index (κ1) is 17.0. The van der Waals surface area contributed by atoms with Crippen LogP contribution in [0.15, 0.2) is 24.3 Å². The minimum Gasteiger partial charge on any atom is -0.385 e. The second kappa shape index (κ2) is 7.67. The van der Waals surface area contributed by atoms with E-state index in [0.29, 0.717) is 12.1 Å². The Morgan fingerprint density at radius 3 is 2.29 bits per heavy atom. The molecule has 0 bridgehead atoms. The summed E-state index contributed by atoms with van der Waals surface area (Å²) in [6.07, 6.45) is 1.05. The molecule has 3 N–H and O–H groups in total. The Hall–Kier alpha value is -2.04. The molecular weight excluding hydrogens is 266 g/mol. The molecule has 0 aliphatic heterocycles. The third kappa shape index (κ3) is 5.10. The second-order valence-corrected chi connectivity index (χ2v) is 5.65. The number of benzene rings is 1. The van der Waals surface area contributed by atoms with E-state index >= 15 is 0 Å². The van der Waals surface area contributed by atoms with Crippen molar-refractivity contribution in [1.29, 1.82) is 0 Å². The van der Waals surface area contributed by atoms with Crippen LogP contribution in [0.1, 0.15) is 37.6 Å². The molecule has 0 saturated carbocycles. The maximum absolute atomic E-state index is 12.1. The summed E-state index contributed by atoms with van der Waals surface area (Å²) >= 11 is 0. The zero-order chi connectivity index (χ0) is 15.9. The molecule has 2 amide bonds. The topological polar surface area (TPSA) is 70.2 Å². The lowest BCUT2D eigenvalue weighted by atomic mass is 9.92. The molecule has 0 radical (unpaired) electrons. The third-order valence-corrected chi connectivity index (χ3v) is 3.26. The van der Waals surface area contributed by atoms with E-state index in [2.05, 4.69) is 22.9 Å². The van der Waals surface area contributed by atoms with Gasteiger partial charge >= 0.3 is 0 Å². The van der Waals surface area contributed by atoms with Gasteiger partial charge in [0.25, 0.3) is 5.91 Å². The lowest BCUT2D eigenvalue weighted by molar-refractivity contribution is -0.128. The van der Waals surface area contributed by atoms with Gasteiger partial charge in [-0.25, -0.2) is 0 Å². The number of hydrogen-bond acceptors (Lipinski definition) is 3. The Morgan fingerprint density at radius 1 is 1.14 bits per heavy atom. The molecule has 1 aromatic carbocycles. The largest absolute Gasteiger partial charge is 0.385 e. The molecule has 1 rings (SSSR count). The van der Waals surface area contributed by atoms with E-state index in [-0.39, 0.29) is 11.8 Å². The number of rotatable bonds is 7. The summed E-state index contributed by atoms with van der Waals surface area (Å²) in [6, 6.07) is 7.32. The minimum atomic E-state index is -0.632. The molecule has 5 heteroatoms. The fourth-order valence-corrected chi connectivity index (χ4v) is 1.83. The van der Waals surface area contributed by atoms with Gasteiger partial charge in [-0.3, -0.25) is 9.59 Å². The Balaban J connectivity index is 2.58. The number of hydrogen-bond donors (Lipinski definition) is 3. The van der Waals surface area contributed by atoms with Crippen molar-refractivity contribution in [2.24, 2.45) is 5.41 Å². The van der Waals surface area contributed by atoms with Crippen LogP contribution in [0.5, 0.6) is 0 Å². The zero-order valence-electron chi connectivity index (χ0n) is 13.2. The van der Waals surface area contributed by atoms with Crippen LogP contribution in [-0.2, 0) is 4.79 Å². The van der Waals surface area contributed by atoms with Gasteiger partial charge in [0.05, 0.1) is 5.41 Å². The lowest BCUT2D eigenvalue weighted by Crippen LogP contribution is -2.43. The van der Waals surface area contributed by atoms with Gasteiger partial charge in [-0.05, 0) is 44.5 Å². The summed E-state index contributed by atoms with van der Waals surface area (Å²) in [5, 5.41) is 8.65. The monoisotopic (exact) mass is 291 g/mol. The van der Waals surface area contributed by atoms with E-state index in [1.165, 1.54) is 0 Å². The highest BCUT2D eigenvalue weighted by molar-refractivity contribution is 5.95. The lowest BCUT2D eigenvalue weighted by Gasteiger charge is -2.22. The molecule has 0 aliphatic rings. The fourth-order valence-electron chi connectivity index (χ4n) is 1.83. The molecule has 0 aromatic heterocycles. The number of carbonyl (C=O) groups is 2. The number of carbonyl (C=O) groups excluding carboxylic acids is 2. The SMILES string of the molecule is CCCNc1ccc(C(=O)NCC(C)(C)C(=O)NC)cc1. The average Bonchev–Trinajstić information content (AvgIpc) is 2.50. The molecule has 1 aromatic rings. The van der Waals surface area contributed by atoms with E-state index in [1.807, 2.05) is 12.1 Å². The van der Waals surface area contributed by atoms with Crippen LogP contribution in [0.4, 0.5) is 5.69 Å². The van der Waals surface area contributed by atoms with E-state index in [4.69, 9.17) is 0 Å². The number of nitrogens with one attached hydrogen (secondary N) is 3. The molecule has 0 spiro atoms. The van der Waals surface area contributed by atoms with Crippen LogP contribution < -0.4 is 16.0 Å². The summed E-state index contributed by atoms with van der Waals surface area (Å²) in [7, 11) is 1.59. The minimum absolute atomic E-state index is 0.0955. The highest BCUT2D eigenvalue weighted by Gasteiger charge is 2.27. The van der Waals surface area contributed by atoms with Crippen LogP contribution >= 0.6 is 0 Å². The molecule has 116 valence electrons. The van der Waals surface area contributed by atoms with Crippen LogP contribution in [0.3, 0.4) is 0 Å². The Labute approximate surface area is 126 Å². The number of amides is 2. The summed E-state index contributed by atoms with van der Waals surface area (Å²) in [5.41, 5.74) is 0.955. The van der Waals surface area contributed by atoms with Crippen molar-refractivity contribution in [1.82, 2.24) is 10.6 Å². The second-order valence-electron chi connectivity index (χ2n) is 5.65. The zero-order valence-corrected chi connectivity index (χ0v) is 13.2.